The van der Waals surface area contributed by atoms with Gasteiger partial charge >= 0.3 is 5.69 Å². The number of para-hydroxylation sites is 1. The van der Waals surface area contributed by atoms with Gasteiger partial charge < -0.3 is 4.90 Å². The second kappa shape index (κ2) is 6.43. The number of sulfonamides is 1. The molecule has 0 aliphatic rings. The molecule has 25 heavy (non-hydrogen) atoms. The highest BCUT2D eigenvalue weighted by molar-refractivity contribution is 7.89. The van der Waals surface area contributed by atoms with E-state index in [1.807, 2.05) is 29.6 Å². The Morgan fingerprint density at radius 3 is 2.60 bits per heavy atom. The van der Waals surface area contributed by atoms with Crippen molar-refractivity contribution in [2.75, 3.05) is 11.9 Å². The molecule has 0 aliphatic carbocycles. The molecule has 0 radical (unpaired) electrons. The van der Waals surface area contributed by atoms with Crippen LogP contribution in [0.1, 0.15) is 5.56 Å². The van der Waals surface area contributed by atoms with Crippen molar-refractivity contribution >= 4 is 42.8 Å². The van der Waals surface area contributed by atoms with Crippen LogP contribution in [0.2, 0.25) is 0 Å². The number of nitro groups is 1. The summed E-state index contributed by atoms with van der Waals surface area (Å²) in [4.78, 5) is 11.9. The predicted octanol–water partition coefficient (Wildman–Crippen LogP) is 3.09. The molecule has 0 saturated carbocycles. The minimum absolute atomic E-state index is 0.201. The second-order valence-corrected chi connectivity index (χ2v) is 7.98. The van der Waals surface area contributed by atoms with Crippen molar-refractivity contribution in [2.24, 2.45) is 5.14 Å². The van der Waals surface area contributed by atoms with Gasteiger partial charge in [0.2, 0.25) is 10.0 Å². The lowest BCUT2D eigenvalue weighted by Gasteiger charge is -2.19. The van der Waals surface area contributed by atoms with Crippen molar-refractivity contribution < 1.29 is 13.3 Å². The minimum Gasteiger partial charge on any atom is -0.365 e. The first-order valence-electron chi connectivity index (χ1n) is 7.25. The largest absolute Gasteiger partial charge is 0.365 e. The van der Waals surface area contributed by atoms with Crippen molar-refractivity contribution in [3.8, 4) is 0 Å². The van der Waals surface area contributed by atoms with Gasteiger partial charge in [0.15, 0.2) is 4.90 Å². The lowest BCUT2D eigenvalue weighted by Crippen LogP contribution is -2.20. The molecule has 2 aromatic carbocycles. The van der Waals surface area contributed by atoms with E-state index in [4.69, 9.17) is 5.14 Å². The van der Waals surface area contributed by atoms with Crippen LogP contribution >= 0.6 is 11.3 Å². The van der Waals surface area contributed by atoms with Gasteiger partial charge in [0, 0.05) is 18.3 Å². The monoisotopic (exact) mass is 377 g/mol. The van der Waals surface area contributed by atoms with Crippen LogP contribution in [0, 0.1) is 10.1 Å². The van der Waals surface area contributed by atoms with Crippen molar-refractivity contribution in [2.45, 2.75) is 11.4 Å². The first kappa shape index (κ1) is 17.3. The number of thiophene rings is 1. The van der Waals surface area contributed by atoms with Crippen molar-refractivity contribution in [3.05, 3.63) is 63.5 Å². The molecule has 0 spiro atoms. The third kappa shape index (κ3) is 3.34. The number of rotatable bonds is 5. The number of primary sulfonamides is 1. The summed E-state index contributed by atoms with van der Waals surface area (Å²) >= 11 is 1.59. The van der Waals surface area contributed by atoms with E-state index in [0.29, 0.717) is 6.54 Å². The second-order valence-electron chi connectivity index (χ2n) is 5.54. The van der Waals surface area contributed by atoms with Gasteiger partial charge in [0.25, 0.3) is 0 Å². The highest BCUT2D eigenvalue weighted by Crippen LogP contribution is 2.35. The van der Waals surface area contributed by atoms with E-state index in [1.165, 1.54) is 12.1 Å². The Kier molecular flexibility index (Phi) is 4.46. The van der Waals surface area contributed by atoms with Crippen LogP contribution in [0.15, 0.2) is 52.7 Å². The molecule has 0 unspecified atom stereocenters. The highest BCUT2D eigenvalue weighted by atomic mass is 32.2. The molecular weight excluding hydrogens is 362 g/mol. The molecular formula is C16H15N3O4S2. The number of anilines is 1. The Morgan fingerprint density at radius 1 is 1.20 bits per heavy atom. The zero-order chi connectivity index (χ0) is 18.2. The molecule has 0 fully saturated rings. The lowest BCUT2D eigenvalue weighted by atomic mass is 10.1. The number of hydrogen-bond acceptors (Lipinski definition) is 6. The summed E-state index contributed by atoms with van der Waals surface area (Å²) in [5.41, 5.74) is 0.706. The standard InChI is InChI=1S/C16H15N3O4S2/c1-18(9-11-10-24-14-7-3-2-5-12(11)14)13-6-4-8-15(25(17,22)23)16(13)19(20)21/h2-8,10H,9H2,1H3,(H2,17,22,23). The van der Waals surface area contributed by atoms with Gasteiger partial charge in [0.1, 0.15) is 5.69 Å². The molecule has 130 valence electrons. The maximum Gasteiger partial charge on any atom is 0.312 e. The predicted molar refractivity (Wildman–Crippen MR) is 98.4 cm³/mol. The Hall–Kier alpha value is -2.49. The number of benzene rings is 2. The Balaban J connectivity index is 2.05. The molecule has 7 nitrogen and oxygen atoms in total. The molecule has 3 rings (SSSR count). The molecule has 1 heterocycles. The average molecular weight is 377 g/mol. The first-order chi connectivity index (χ1) is 11.8. The zero-order valence-electron chi connectivity index (χ0n) is 13.2. The number of nitrogens with zero attached hydrogens (tertiary/aromatic N) is 2. The van der Waals surface area contributed by atoms with E-state index in [1.54, 1.807) is 23.3 Å². The van der Waals surface area contributed by atoms with Crippen LogP contribution in [-0.2, 0) is 16.6 Å². The van der Waals surface area contributed by atoms with Crippen LogP contribution in [-0.4, -0.2) is 20.4 Å². The van der Waals surface area contributed by atoms with Gasteiger partial charge in [-0.2, -0.15) is 0 Å². The first-order valence-corrected chi connectivity index (χ1v) is 9.68. The lowest BCUT2D eigenvalue weighted by molar-refractivity contribution is -0.387. The Bertz CT molecular complexity index is 1060. The summed E-state index contributed by atoms with van der Waals surface area (Å²) in [5.74, 6) is 0. The van der Waals surface area contributed by atoms with Crippen LogP contribution in [0.4, 0.5) is 11.4 Å². The zero-order valence-corrected chi connectivity index (χ0v) is 14.9. The van der Waals surface area contributed by atoms with E-state index in [0.717, 1.165) is 21.7 Å². The molecule has 0 aliphatic heterocycles. The molecule has 0 bridgehead atoms. The van der Waals surface area contributed by atoms with E-state index < -0.39 is 25.5 Å². The van der Waals surface area contributed by atoms with E-state index in [-0.39, 0.29) is 5.69 Å². The van der Waals surface area contributed by atoms with Crippen molar-refractivity contribution in [3.63, 3.8) is 0 Å². The summed E-state index contributed by atoms with van der Waals surface area (Å²) in [6.07, 6.45) is 0. The number of hydrogen-bond donors (Lipinski definition) is 1. The third-order valence-electron chi connectivity index (χ3n) is 3.85. The molecule has 0 saturated heterocycles. The smallest absolute Gasteiger partial charge is 0.312 e. The fourth-order valence-electron chi connectivity index (χ4n) is 2.73. The Morgan fingerprint density at radius 2 is 1.92 bits per heavy atom. The fourth-order valence-corrected chi connectivity index (χ4v) is 4.40. The minimum atomic E-state index is -4.20. The van der Waals surface area contributed by atoms with E-state index >= 15 is 0 Å². The summed E-state index contributed by atoms with van der Waals surface area (Å²) in [6.45, 7) is 0.402. The molecule has 3 aromatic rings. The van der Waals surface area contributed by atoms with Crippen molar-refractivity contribution in [1.29, 1.82) is 0 Å². The van der Waals surface area contributed by atoms with Gasteiger partial charge in [-0.15, -0.1) is 11.3 Å². The van der Waals surface area contributed by atoms with Gasteiger partial charge in [-0.25, -0.2) is 13.6 Å². The fraction of sp³-hybridized carbons (Fsp3) is 0.125. The van der Waals surface area contributed by atoms with Crippen LogP contribution in [0.25, 0.3) is 10.1 Å². The van der Waals surface area contributed by atoms with Crippen LogP contribution in [0.5, 0.6) is 0 Å². The maximum absolute atomic E-state index is 11.7. The SMILES string of the molecule is CN(Cc1csc2ccccc12)c1cccc(S(N)(=O)=O)c1[N+](=O)[O-]. The third-order valence-corrected chi connectivity index (χ3v) is 5.80. The average Bonchev–Trinajstić information content (AvgIpc) is 2.96. The van der Waals surface area contributed by atoms with Crippen molar-refractivity contribution in [1.82, 2.24) is 0 Å². The summed E-state index contributed by atoms with van der Waals surface area (Å²) in [5, 5.41) is 19.7. The topological polar surface area (TPSA) is 107 Å². The number of fused-ring (bicyclic) bond motifs is 1. The van der Waals surface area contributed by atoms with E-state index in [2.05, 4.69) is 0 Å². The maximum atomic E-state index is 11.7. The van der Waals surface area contributed by atoms with Gasteiger partial charge in [-0.05, 0) is 34.5 Å². The molecule has 1 aromatic heterocycles. The number of nitrogens with two attached hydrogens (primary N) is 1. The molecule has 2 N–H and O–H groups in total. The number of nitro benzene ring substituents is 1. The normalized spacial score (nSPS) is 11.6. The Labute approximate surface area is 148 Å². The molecule has 0 atom stereocenters. The van der Waals surface area contributed by atoms with Crippen LogP contribution < -0.4 is 10.0 Å². The quantitative estimate of drug-likeness (QED) is 0.543. The van der Waals surface area contributed by atoms with E-state index in [9.17, 15) is 18.5 Å². The van der Waals surface area contributed by atoms with Crippen LogP contribution in [0.3, 0.4) is 0 Å². The summed E-state index contributed by atoms with van der Waals surface area (Å²) in [7, 11) is -2.52. The van der Waals surface area contributed by atoms with Gasteiger partial charge in [-0.1, -0.05) is 24.3 Å². The molecule has 0 amide bonds. The molecule has 9 heteroatoms. The highest BCUT2D eigenvalue weighted by Gasteiger charge is 2.28. The summed E-state index contributed by atoms with van der Waals surface area (Å²) < 4.78 is 24.5. The summed E-state index contributed by atoms with van der Waals surface area (Å²) in [6, 6.07) is 12.0. The van der Waals surface area contributed by atoms with Gasteiger partial charge in [-0.3, -0.25) is 10.1 Å². The van der Waals surface area contributed by atoms with Gasteiger partial charge in [0.05, 0.1) is 4.92 Å².